The monoisotopic (exact) mass is 479 g/mol. The second kappa shape index (κ2) is 8.38. The lowest BCUT2D eigenvalue weighted by Crippen LogP contribution is -2.51. The highest BCUT2D eigenvalue weighted by molar-refractivity contribution is 9.10. The fourth-order valence-electron chi connectivity index (χ4n) is 3.94. The van der Waals surface area contributed by atoms with Gasteiger partial charge in [0.2, 0.25) is 0 Å². The Kier molecular flexibility index (Phi) is 5.99. The molecule has 2 aliphatic rings. The number of hydrogen-bond acceptors (Lipinski definition) is 5. The molecule has 1 aliphatic heterocycles. The summed E-state index contributed by atoms with van der Waals surface area (Å²) in [6, 6.07) is 4.18. The van der Waals surface area contributed by atoms with Crippen molar-refractivity contribution >= 4 is 32.9 Å². The minimum Gasteiger partial charge on any atom is -0.489 e. The first-order valence-corrected chi connectivity index (χ1v) is 11.4. The average Bonchev–Trinajstić information content (AvgIpc) is 3.06. The van der Waals surface area contributed by atoms with Crippen molar-refractivity contribution in [3.8, 4) is 5.75 Å². The van der Waals surface area contributed by atoms with Crippen LogP contribution in [-0.2, 0) is 9.47 Å². The van der Waals surface area contributed by atoms with Gasteiger partial charge in [-0.2, -0.15) is 5.10 Å². The maximum absolute atomic E-state index is 12.3. The minimum atomic E-state index is -0.491. The number of halogens is 1. The molecule has 0 radical (unpaired) electrons. The predicted octanol–water partition coefficient (Wildman–Crippen LogP) is 5.27. The highest BCUT2D eigenvalue weighted by atomic mass is 79.9. The summed E-state index contributed by atoms with van der Waals surface area (Å²) in [6.45, 7) is 6.41. The van der Waals surface area contributed by atoms with Gasteiger partial charge in [0.15, 0.2) is 6.23 Å². The minimum absolute atomic E-state index is 0.0195. The molecule has 0 bridgehead atoms. The number of rotatable bonds is 4. The standard InChI is InChI=1S/C22H30BrN3O4/c1-22(2,3)30-21(27)25(4)15-11-16(12-15)29-19-10-14(23)9-18-17(19)13-24-26(18)20-7-5-6-8-28-20/h9-10,13,15-16,20H,5-8,11-12H2,1-4H3. The SMILES string of the molecule is CN(C(=O)OC(C)(C)C)C1CC(Oc2cc(Br)cc3c2cnn3C2CCCCO2)C1. The van der Waals surface area contributed by atoms with Gasteiger partial charge in [0.05, 0.1) is 17.1 Å². The van der Waals surface area contributed by atoms with Crippen LogP contribution in [0.2, 0.25) is 0 Å². The van der Waals surface area contributed by atoms with Crippen molar-refractivity contribution in [2.75, 3.05) is 13.7 Å². The van der Waals surface area contributed by atoms with E-state index in [0.717, 1.165) is 59.8 Å². The van der Waals surface area contributed by atoms with E-state index >= 15 is 0 Å². The normalized spacial score (nSPS) is 24.4. The first-order chi connectivity index (χ1) is 14.2. The van der Waals surface area contributed by atoms with Gasteiger partial charge in [-0.15, -0.1) is 0 Å². The number of carbonyl (C=O) groups excluding carboxylic acids is 1. The number of carbonyl (C=O) groups is 1. The zero-order valence-corrected chi connectivity index (χ0v) is 19.6. The Morgan fingerprint density at radius 2 is 2.07 bits per heavy atom. The molecule has 30 heavy (non-hydrogen) atoms. The number of nitrogens with zero attached hydrogens (tertiary/aromatic N) is 3. The van der Waals surface area contributed by atoms with Crippen LogP contribution < -0.4 is 4.74 Å². The summed E-state index contributed by atoms with van der Waals surface area (Å²) in [7, 11) is 1.79. The predicted molar refractivity (Wildman–Crippen MR) is 118 cm³/mol. The molecule has 0 N–H and O–H groups in total. The van der Waals surface area contributed by atoms with Crippen LogP contribution in [0.1, 0.15) is 59.1 Å². The largest absolute Gasteiger partial charge is 0.489 e. The van der Waals surface area contributed by atoms with Crippen LogP contribution in [0, 0.1) is 0 Å². The molecular weight excluding hydrogens is 450 g/mol. The highest BCUT2D eigenvalue weighted by Gasteiger charge is 2.37. The van der Waals surface area contributed by atoms with Crippen LogP contribution in [0.15, 0.2) is 22.8 Å². The fraction of sp³-hybridized carbons (Fsp3) is 0.636. The number of benzene rings is 1. The molecule has 2 heterocycles. The summed E-state index contributed by atoms with van der Waals surface area (Å²) >= 11 is 3.61. The van der Waals surface area contributed by atoms with Crippen molar-refractivity contribution in [3.63, 3.8) is 0 Å². The van der Waals surface area contributed by atoms with Gasteiger partial charge < -0.3 is 19.1 Å². The van der Waals surface area contributed by atoms with E-state index in [1.165, 1.54) is 0 Å². The molecule has 1 atom stereocenters. The van der Waals surface area contributed by atoms with Crippen molar-refractivity contribution in [1.29, 1.82) is 0 Å². The molecule has 1 aliphatic carbocycles. The maximum atomic E-state index is 12.3. The Morgan fingerprint density at radius 1 is 1.30 bits per heavy atom. The number of hydrogen-bond donors (Lipinski definition) is 0. The van der Waals surface area contributed by atoms with Crippen LogP contribution >= 0.6 is 15.9 Å². The second-order valence-electron chi connectivity index (χ2n) is 9.20. The van der Waals surface area contributed by atoms with E-state index in [9.17, 15) is 4.79 Å². The van der Waals surface area contributed by atoms with E-state index in [1.807, 2.05) is 37.7 Å². The molecule has 2 fully saturated rings. The third kappa shape index (κ3) is 4.59. The van der Waals surface area contributed by atoms with Crippen molar-refractivity contribution < 1.29 is 19.0 Å². The summed E-state index contributed by atoms with van der Waals surface area (Å²) in [5.74, 6) is 0.810. The van der Waals surface area contributed by atoms with Crippen LogP contribution in [0.4, 0.5) is 4.79 Å². The third-order valence-corrected chi connectivity index (χ3v) is 6.12. The van der Waals surface area contributed by atoms with E-state index < -0.39 is 5.60 Å². The second-order valence-corrected chi connectivity index (χ2v) is 10.1. The Labute approximate surface area is 185 Å². The van der Waals surface area contributed by atoms with Gasteiger partial charge in [0, 0.05) is 37.0 Å². The lowest BCUT2D eigenvalue weighted by molar-refractivity contribution is -0.0366. The van der Waals surface area contributed by atoms with E-state index in [-0.39, 0.29) is 24.5 Å². The summed E-state index contributed by atoms with van der Waals surface area (Å²) in [6.07, 6.45) is 6.41. The van der Waals surface area contributed by atoms with Crippen molar-refractivity contribution in [2.24, 2.45) is 0 Å². The Balaban J connectivity index is 1.43. The third-order valence-electron chi connectivity index (χ3n) is 5.66. The van der Waals surface area contributed by atoms with Crippen LogP contribution in [0.25, 0.3) is 10.9 Å². The molecule has 4 rings (SSSR count). The Hall–Kier alpha value is -1.80. The molecule has 0 spiro atoms. The quantitative estimate of drug-likeness (QED) is 0.596. The smallest absolute Gasteiger partial charge is 0.410 e. The molecule has 1 aromatic heterocycles. The number of amides is 1. The highest BCUT2D eigenvalue weighted by Crippen LogP contribution is 2.37. The zero-order chi connectivity index (χ0) is 21.5. The summed E-state index contributed by atoms with van der Waals surface area (Å²) in [4.78, 5) is 13.9. The molecular formula is C22H30BrN3O4. The molecule has 164 valence electrons. The van der Waals surface area contributed by atoms with E-state index in [4.69, 9.17) is 14.2 Å². The van der Waals surface area contributed by atoms with Gasteiger partial charge in [-0.3, -0.25) is 0 Å². The topological polar surface area (TPSA) is 65.8 Å². The van der Waals surface area contributed by atoms with Crippen LogP contribution in [0.3, 0.4) is 0 Å². The average molecular weight is 480 g/mol. The Bertz CT molecular complexity index is 911. The Morgan fingerprint density at radius 3 is 2.73 bits per heavy atom. The summed E-state index contributed by atoms with van der Waals surface area (Å²) in [5, 5.41) is 5.58. The fourth-order valence-corrected chi connectivity index (χ4v) is 4.36. The molecule has 2 aromatic rings. The number of fused-ring (bicyclic) bond motifs is 1. The molecule has 1 saturated heterocycles. The van der Waals surface area contributed by atoms with Crippen LogP contribution in [0.5, 0.6) is 5.75 Å². The molecule has 1 unspecified atom stereocenters. The summed E-state index contributed by atoms with van der Waals surface area (Å²) in [5.41, 5.74) is 0.516. The van der Waals surface area contributed by atoms with Crippen molar-refractivity contribution in [3.05, 3.63) is 22.8 Å². The van der Waals surface area contributed by atoms with Gasteiger partial charge in [0.1, 0.15) is 17.5 Å². The lowest BCUT2D eigenvalue weighted by Gasteiger charge is -2.41. The first-order valence-electron chi connectivity index (χ1n) is 10.6. The zero-order valence-electron chi connectivity index (χ0n) is 18.1. The van der Waals surface area contributed by atoms with Gasteiger partial charge in [-0.05, 0) is 52.2 Å². The van der Waals surface area contributed by atoms with E-state index in [2.05, 4.69) is 27.1 Å². The van der Waals surface area contributed by atoms with Crippen molar-refractivity contribution in [1.82, 2.24) is 14.7 Å². The maximum Gasteiger partial charge on any atom is 0.410 e. The van der Waals surface area contributed by atoms with Gasteiger partial charge >= 0.3 is 6.09 Å². The van der Waals surface area contributed by atoms with E-state index in [1.54, 1.807) is 11.9 Å². The molecule has 7 nitrogen and oxygen atoms in total. The molecule has 1 aromatic carbocycles. The van der Waals surface area contributed by atoms with Crippen molar-refractivity contribution in [2.45, 2.75) is 76.9 Å². The molecule has 1 saturated carbocycles. The first kappa shape index (κ1) is 21.4. The number of aromatic nitrogens is 2. The number of ether oxygens (including phenoxy) is 3. The van der Waals surface area contributed by atoms with Crippen LogP contribution in [-0.4, -0.2) is 52.2 Å². The molecule has 1 amide bonds. The van der Waals surface area contributed by atoms with Gasteiger partial charge in [0.25, 0.3) is 0 Å². The van der Waals surface area contributed by atoms with E-state index in [0.29, 0.717) is 0 Å². The molecule has 8 heteroatoms. The summed E-state index contributed by atoms with van der Waals surface area (Å²) < 4.78 is 20.6. The lowest BCUT2D eigenvalue weighted by atomic mass is 9.88. The van der Waals surface area contributed by atoms with Gasteiger partial charge in [-0.25, -0.2) is 9.48 Å². The van der Waals surface area contributed by atoms with Gasteiger partial charge in [-0.1, -0.05) is 15.9 Å².